The number of nitrogens with zero attached hydrogens (tertiary/aromatic N) is 2. The van der Waals surface area contributed by atoms with Gasteiger partial charge in [-0.3, -0.25) is 14.4 Å². The highest BCUT2D eigenvalue weighted by Crippen LogP contribution is 2.20. The van der Waals surface area contributed by atoms with Gasteiger partial charge in [0.15, 0.2) is 0 Å². The smallest absolute Gasteiger partial charge is 0.263 e. The van der Waals surface area contributed by atoms with Crippen molar-refractivity contribution in [1.82, 2.24) is 14.8 Å². The van der Waals surface area contributed by atoms with E-state index < -0.39 is 11.9 Å². The van der Waals surface area contributed by atoms with E-state index in [2.05, 4.69) is 5.32 Å². The fourth-order valence-electron chi connectivity index (χ4n) is 3.18. The number of hydrogen-bond donors (Lipinski definition) is 2. The SMILES string of the molecule is CCNC(=O)[C@@H]1C[C@H](N)CN1C(=O)c1ccc(C(C)C)n(C)c1=O. The van der Waals surface area contributed by atoms with Crippen LogP contribution in [0.25, 0.3) is 0 Å². The summed E-state index contributed by atoms with van der Waals surface area (Å²) >= 11 is 0. The zero-order valence-electron chi connectivity index (χ0n) is 14.7. The summed E-state index contributed by atoms with van der Waals surface area (Å²) in [6.45, 7) is 6.55. The molecule has 1 aliphatic rings. The van der Waals surface area contributed by atoms with Crippen molar-refractivity contribution in [2.45, 2.75) is 45.2 Å². The van der Waals surface area contributed by atoms with Gasteiger partial charge < -0.3 is 20.5 Å². The number of carbonyl (C=O) groups is 2. The topological polar surface area (TPSA) is 97.4 Å². The molecule has 0 spiro atoms. The Bertz CT molecular complexity index is 696. The zero-order chi connectivity index (χ0) is 18.0. The fraction of sp³-hybridized carbons (Fsp3) is 0.588. The van der Waals surface area contributed by atoms with Gasteiger partial charge in [0.2, 0.25) is 5.91 Å². The van der Waals surface area contributed by atoms with E-state index in [1.165, 1.54) is 9.47 Å². The van der Waals surface area contributed by atoms with E-state index in [-0.39, 0.29) is 35.5 Å². The molecule has 2 rings (SSSR count). The van der Waals surface area contributed by atoms with Gasteiger partial charge in [0.1, 0.15) is 11.6 Å². The highest BCUT2D eigenvalue weighted by atomic mass is 16.2. The number of carbonyl (C=O) groups excluding carboxylic acids is 2. The molecular weight excluding hydrogens is 308 g/mol. The Labute approximate surface area is 141 Å². The highest BCUT2D eigenvalue weighted by molar-refractivity contribution is 5.97. The van der Waals surface area contributed by atoms with Crippen LogP contribution < -0.4 is 16.6 Å². The number of hydrogen-bond acceptors (Lipinski definition) is 4. The summed E-state index contributed by atoms with van der Waals surface area (Å²) in [5, 5.41) is 2.72. The summed E-state index contributed by atoms with van der Waals surface area (Å²) in [6, 6.07) is 2.46. The standard InChI is InChI=1S/C17H26N4O3/c1-5-19-15(22)14-8-11(18)9-21(14)17(24)12-6-7-13(10(2)3)20(4)16(12)23/h6-7,10-11,14H,5,8-9,18H2,1-4H3,(H,19,22)/t11-,14-/m0/s1. The first-order chi connectivity index (χ1) is 11.3. The summed E-state index contributed by atoms with van der Waals surface area (Å²) in [4.78, 5) is 39.0. The zero-order valence-corrected chi connectivity index (χ0v) is 14.7. The Kier molecular flexibility index (Phi) is 5.43. The monoisotopic (exact) mass is 334 g/mol. The summed E-state index contributed by atoms with van der Waals surface area (Å²) in [7, 11) is 1.66. The van der Waals surface area contributed by atoms with Crippen LogP contribution in [0.1, 0.15) is 49.2 Å². The minimum atomic E-state index is -0.623. The maximum absolute atomic E-state index is 12.8. The van der Waals surface area contributed by atoms with Crippen molar-refractivity contribution in [2.75, 3.05) is 13.1 Å². The Morgan fingerprint density at radius 2 is 2.04 bits per heavy atom. The van der Waals surface area contributed by atoms with Gasteiger partial charge in [-0.1, -0.05) is 13.8 Å². The van der Waals surface area contributed by atoms with E-state index in [1.807, 2.05) is 20.8 Å². The van der Waals surface area contributed by atoms with Gasteiger partial charge in [0.05, 0.1) is 0 Å². The summed E-state index contributed by atoms with van der Waals surface area (Å²) in [6.07, 6.45) is 0.405. The van der Waals surface area contributed by atoms with E-state index in [9.17, 15) is 14.4 Å². The van der Waals surface area contributed by atoms with Gasteiger partial charge >= 0.3 is 0 Å². The molecule has 1 aliphatic heterocycles. The Morgan fingerprint density at radius 1 is 1.38 bits per heavy atom. The van der Waals surface area contributed by atoms with Crippen LogP contribution in [0.3, 0.4) is 0 Å². The van der Waals surface area contributed by atoms with Gasteiger partial charge in [-0.15, -0.1) is 0 Å². The second-order valence-electron chi connectivity index (χ2n) is 6.55. The van der Waals surface area contributed by atoms with Crippen molar-refractivity contribution in [2.24, 2.45) is 12.8 Å². The molecule has 0 saturated carbocycles. The molecule has 24 heavy (non-hydrogen) atoms. The van der Waals surface area contributed by atoms with Crippen molar-refractivity contribution in [3.63, 3.8) is 0 Å². The molecule has 0 unspecified atom stereocenters. The van der Waals surface area contributed by atoms with Crippen molar-refractivity contribution < 1.29 is 9.59 Å². The Morgan fingerprint density at radius 3 is 2.62 bits per heavy atom. The van der Waals surface area contributed by atoms with Crippen LogP contribution in [-0.4, -0.2) is 46.5 Å². The molecule has 2 atom stereocenters. The number of nitrogens with one attached hydrogen (secondary N) is 1. The predicted octanol–water partition coefficient (Wildman–Crippen LogP) is 0.187. The van der Waals surface area contributed by atoms with Gasteiger partial charge in [-0.2, -0.15) is 0 Å². The number of aromatic nitrogens is 1. The molecule has 1 saturated heterocycles. The first-order valence-corrected chi connectivity index (χ1v) is 8.32. The molecule has 2 heterocycles. The molecule has 1 aromatic heterocycles. The van der Waals surface area contributed by atoms with E-state index in [0.29, 0.717) is 13.0 Å². The maximum Gasteiger partial charge on any atom is 0.263 e. The summed E-state index contributed by atoms with van der Waals surface area (Å²) in [5.41, 5.74) is 6.52. The molecule has 1 fully saturated rings. The number of pyridine rings is 1. The lowest BCUT2D eigenvalue weighted by atomic mass is 10.1. The minimum Gasteiger partial charge on any atom is -0.355 e. The first kappa shape index (κ1) is 18.2. The average molecular weight is 334 g/mol. The Balaban J connectivity index is 2.35. The van der Waals surface area contributed by atoms with Crippen LogP contribution in [0, 0.1) is 0 Å². The number of amides is 2. The molecule has 0 aliphatic carbocycles. The van der Waals surface area contributed by atoms with Gasteiger partial charge in [0.25, 0.3) is 11.5 Å². The normalized spacial score (nSPS) is 20.5. The Hall–Kier alpha value is -2.15. The van der Waals surface area contributed by atoms with E-state index >= 15 is 0 Å². The second-order valence-corrected chi connectivity index (χ2v) is 6.55. The quantitative estimate of drug-likeness (QED) is 0.821. The fourth-order valence-corrected chi connectivity index (χ4v) is 3.18. The largest absolute Gasteiger partial charge is 0.355 e. The molecule has 0 bridgehead atoms. The van der Waals surface area contributed by atoms with Crippen molar-refractivity contribution >= 4 is 11.8 Å². The maximum atomic E-state index is 12.8. The lowest BCUT2D eigenvalue weighted by Gasteiger charge is -2.24. The molecular formula is C17H26N4O3. The lowest BCUT2D eigenvalue weighted by Crippen LogP contribution is -2.47. The van der Waals surface area contributed by atoms with Crippen molar-refractivity contribution in [3.05, 3.63) is 33.7 Å². The first-order valence-electron chi connectivity index (χ1n) is 8.32. The van der Waals surface area contributed by atoms with Crippen molar-refractivity contribution in [3.8, 4) is 0 Å². The third-order valence-corrected chi connectivity index (χ3v) is 4.41. The molecule has 7 nitrogen and oxygen atoms in total. The minimum absolute atomic E-state index is 0.0744. The van der Waals surface area contributed by atoms with E-state index in [4.69, 9.17) is 5.73 Å². The van der Waals surface area contributed by atoms with Crippen LogP contribution in [0.2, 0.25) is 0 Å². The third-order valence-electron chi connectivity index (χ3n) is 4.41. The second kappa shape index (κ2) is 7.17. The third kappa shape index (κ3) is 3.36. The van der Waals surface area contributed by atoms with Crippen LogP contribution in [-0.2, 0) is 11.8 Å². The summed E-state index contributed by atoms with van der Waals surface area (Å²) < 4.78 is 1.50. The van der Waals surface area contributed by atoms with Gasteiger partial charge in [0, 0.05) is 31.9 Å². The number of nitrogens with two attached hydrogens (primary N) is 1. The van der Waals surface area contributed by atoms with Crippen molar-refractivity contribution in [1.29, 1.82) is 0 Å². The van der Waals surface area contributed by atoms with Crippen LogP contribution in [0.5, 0.6) is 0 Å². The average Bonchev–Trinajstić information content (AvgIpc) is 2.91. The van der Waals surface area contributed by atoms with Crippen LogP contribution >= 0.6 is 0 Å². The number of likely N-dealkylation sites (tertiary alicyclic amines) is 1. The number of rotatable bonds is 4. The molecule has 0 aromatic carbocycles. The molecule has 7 heteroatoms. The summed E-state index contributed by atoms with van der Waals surface area (Å²) in [5.74, 6) is -0.486. The van der Waals surface area contributed by atoms with Crippen LogP contribution in [0.4, 0.5) is 0 Å². The van der Waals surface area contributed by atoms with E-state index in [1.54, 1.807) is 19.2 Å². The van der Waals surface area contributed by atoms with Gasteiger partial charge in [-0.05, 0) is 31.4 Å². The predicted molar refractivity (Wildman–Crippen MR) is 91.9 cm³/mol. The van der Waals surface area contributed by atoms with E-state index in [0.717, 1.165) is 5.69 Å². The lowest BCUT2D eigenvalue weighted by molar-refractivity contribution is -0.124. The molecule has 1 aromatic rings. The molecule has 0 radical (unpaired) electrons. The molecule has 132 valence electrons. The highest BCUT2D eigenvalue weighted by Gasteiger charge is 2.39. The molecule has 2 amide bonds. The van der Waals surface area contributed by atoms with Gasteiger partial charge in [-0.25, -0.2) is 0 Å². The molecule has 3 N–H and O–H groups in total. The number of likely N-dealkylation sites (N-methyl/N-ethyl adjacent to an activating group) is 1. The van der Waals surface area contributed by atoms with Crippen LogP contribution in [0.15, 0.2) is 16.9 Å².